The molecule has 1 N–H and O–H groups in total. The Morgan fingerprint density at radius 1 is 1.03 bits per heavy atom. The van der Waals surface area contributed by atoms with Gasteiger partial charge in [-0.25, -0.2) is 9.37 Å². The number of hydrogen-bond acceptors (Lipinski definition) is 6. The largest absolute Gasteiger partial charge is 0.384 e. The zero-order valence-corrected chi connectivity index (χ0v) is 22.6. The van der Waals surface area contributed by atoms with E-state index in [-0.39, 0.29) is 11.4 Å². The summed E-state index contributed by atoms with van der Waals surface area (Å²) in [7, 11) is 0. The molecule has 0 saturated carbocycles. The number of hydrogen-bond donors (Lipinski definition) is 1. The summed E-state index contributed by atoms with van der Waals surface area (Å²) in [5.74, 6) is 2.08. The molecular formula is C28H37FN4S2. The Hall–Kier alpha value is -1.67. The lowest BCUT2D eigenvalue weighted by molar-refractivity contribution is 0.130. The number of halogens is 1. The van der Waals surface area contributed by atoms with Gasteiger partial charge in [0.2, 0.25) is 0 Å². The minimum absolute atomic E-state index is 0.144. The second-order valence-corrected chi connectivity index (χ2v) is 12.4. The summed E-state index contributed by atoms with van der Waals surface area (Å²) in [6, 6.07) is 9.85. The third-order valence-corrected chi connectivity index (χ3v) is 9.43. The van der Waals surface area contributed by atoms with Crippen molar-refractivity contribution in [2.24, 2.45) is 0 Å². The number of likely N-dealkylation sites (tertiary alicyclic amines) is 1. The second kappa shape index (κ2) is 11.2. The van der Waals surface area contributed by atoms with Gasteiger partial charge >= 0.3 is 0 Å². The van der Waals surface area contributed by atoms with E-state index in [0.29, 0.717) is 0 Å². The molecule has 0 spiro atoms. The summed E-state index contributed by atoms with van der Waals surface area (Å²) in [6.07, 6.45) is 5.17. The normalized spacial score (nSPS) is 18.3. The van der Waals surface area contributed by atoms with E-state index in [1.165, 1.54) is 37.1 Å². The predicted molar refractivity (Wildman–Crippen MR) is 150 cm³/mol. The van der Waals surface area contributed by atoms with Crippen LogP contribution in [-0.4, -0.2) is 65.6 Å². The van der Waals surface area contributed by atoms with Crippen LogP contribution >= 0.6 is 23.1 Å². The third kappa shape index (κ3) is 5.68. The molecule has 0 unspecified atom stereocenters. The quantitative estimate of drug-likeness (QED) is 0.341. The molecule has 5 rings (SSSR count). The fourth-order valence-corrected chi connectivity index (χ4v) is 7.14. The molecule has 0 amide bonds. The monoisotopic (exact) mass is 512 g/mol. The summed E-state index contributed by atoms with van der Waals surface area (Å²) >= 11 is 3.69. The van der Waals surface area contributed by atoms with Crippen LogP contribution in [0.5, 0.6) is 0 Å². The van der Waals surface area contributed by atoms with Gasteiger partial charge in [0.15, 0.2) is 0 Å². The summed E-state index contributed by atoms with van der Waals surface area (Å²) in [5.41, 5.74) is 4.18. The van der Waals surface area contributed by atoms with Gasteiger partial charge < -0.3 is 10.2 Å². The summed E-state index contributed by atoms with van der Waals surface area (Å²) in [5, 5.41) is 5.74. The van der Waals surface area contributed by atoms with Gasteiger partial charge in [-0.05, 0) is 76.3 Å². The van der Waals surface area contributed by atoms with Crippen LogP contribution in [0.2, 0.25) is 0 Å². The highest BCUT2D eigenvalue weighted by atomic mass is 32.2. The van der Waals surface area contributed by atoms with E-state index in [2.05, 4.69) is 46.5 Å². The molecule has 4 nitrogen and oxygen atoms in total. The van der Waals surface area contributed by atoms with E-state index >= 15 is 4.39 Å². The van der Waals surface area contributed by atoms with Gasteiger partial charge in [0, 0.05) is 47.8 Å². The van der Waals surface area contributed by atoms with E-state index in [9.17, 15) is 0 Å². The van der Waals surface area contributed by atoms with Crippen molar-refractivity contribution >= 4 is 39.0 Å². The Bertz CT molecular complexity index is 1130. The summed E-state index contributed by atoms with van der Waals surface area (Å²) in [6.45, 7) is 10.8. The van der Waals surface area contributed by atoms with Crippen LogP contribution in [0.4, 0.5) is 10.1 Å². The van der Waals surface area contributed by atoms with Gasteiger partial charge in [-0.1, -0.05) is 18.6 Å². The molecule has 7 heteroatoms. The van der Waals surface area contributed by atoms with Crippen molar-refractivity contribution in [1.29, 1.82) is 0 Å². The number of anilines is 1. The van der Waals surface area contributed by atoms with Crippen molar-refractivity contribution in [3.63, 3.8) is 0 Å². The summed E-state index contributed by atoms with van der Waals surface area (Å²) in [4.78, 5) is 9.86. The lowest BCUT2D eigenvalue weighted by atomic mass is 9.90. The number of aromatic nitrogens is 1. The molecule has 0 atom stereocenters. The average Bonchev–Trinajstić information content (AvgIpc) is 3.36. The standard InChI is InChI=1S/C28H37FN4S2/c1-28(2,33-14-17-34-18-15-33)22-8-7-21(19-23(22)29)25-20-26(27-24(31-25)9-16-35-27)30-10-6-13-32-11-4-3-5-12-32/h7-9,16,19-20H,3-6,10-15,17-18H2,1-2H3,(H,30,31). The first-order valence-corrected chi connectivity index (χ1v) is 15.0. The SMILES string of the molecule is CC(C)(c1ccc(-c2cc(NCCCN3CCCCC3)c3sccc3n2)cc1F)N1CCSCC1. The Labute approximate surface area is 217 Å². The predicted octanol–water partition coefficient (Wildman–Crippen LogP) is 6.67. The van der Waals surface area contributed by atoms with Crippen molar-refractivity contribution < 1.29 is 4.39 Å². The first-order valence-electron chi connectivity index (χ1n) is 13.0. The third-order valence-electron chi connectivity index (χ3n) is 7.55. The number of nitrogens with zero attached hydrogens (tertiary/aromatic N) is 3. The highest BCUT2D eigenvalue weighted by Gasteiger charge is 2.32. The maximum Gasteiger partial charge on any atom is 0.128 e. The molecule has 4 heterocycles. The number of thiophene rings is 1. The Morgan fingerprint density at radius 3 is 2.60 bits per heavy atom. The van der Waals surface area contributed by atoms with Crippen molar-refractivity contribution in [2.75, 3.05) is 56.1 Å². The number of fused-ring (bicyclic) bond motifs is 1. The average molecular weight is 513 g/mol. The molecule has 35 heavy (non-hydrogen) atoms. The van der Waals surface area contributed by atoms with Gasteiger partial charge in [0.05, 0.1) is 21.6 Å². The smallest absolute Gasteiger partial charge is 0.128 e. The van der Waals surface area contributed by atoms with Crippen LogP contribution in [0.15, 0.2) is 35.7 Å². The van der Waals surface area contributed by atoms with Crippen LogP contribution in [0, 0.1) is 5.82 Å². The van der Waals surface area contributed by atoms with Crippen molar-refractivity contribution in [3.8, 4) is 11.3 Å². The first kappa shape index (κ1) is 25.0. The Balaban J connectivity index is 1.33. The Morgan fingerprint density at radius 2 is 1.83 bits per heavy atom. The first-order chi connectivity index (χ1) is 17.0. The van der Waals surface area contributed by atoms with E-state index in [4.69, 9.17) is 4.98 Å². The minimum atomic E-state index is -0.324. The molecular weight excluding hydrogens is 475 g/mol. The number of piperidine rings is 1. The maximum atomic E-state index is 15.5. The molecule has 2 aromatic heterocycles. The van der Waals surface area contributed by atoms with Crippen molar-refractivity contribution in [3.05, 3.63) is 47.1 Å². The molecule has 0 aliphatic carbocycles. The van der Waals surface area contributed by atoms with Crippen LogP contribution in [0.1, 0.15) is 45.1 Å². The molecule has 1 aromatic carbocycles. The van der Waals surface area contributed by atoms with Crippen LogP contribution in [0.25, 0.3) is 21.5 Å². The fraction of sp³-hybridized carbons (Fsp3) is 0.536. The van der Waals surface area contributed by atoms with Crippen LogP contribution in [0.3, 0.4) is 0 Å². The van der Waals surface area contributed by atoms with E-state index < -0.39 is 0 Å². The van der Waals surface area contributed by atoms with Crippen molar-refractivity contribution in [2.45, 2.75) is 45.1 Å². The zero-order valence-electron chi connectivity index (χ0n) is 21.0. The van der Waals surface area contributed by atoms with Gasteiger partial charge in [0.25, 0.3) is 0 Å². The molecule has 188 valence electrons. The van der Waals surface area contributed by atoms with Gasteiger partial charge in [-0.15, -0.1) is 11.3 Å². The van der Waals surface area contributed by atoms with E-state index in [1.807, 2.05) is 23.9 Å². The number of nitrogens with one attached hydrogen (secondary N) is 1. The lowest BCUT2D eigenvalue weighted by Gasteiger charge is -2.41. The fourth-order valence-electron chi connectivity index (χ4n) is 5.41. The maximum absolute atomic E-state index is 15.5. The van der Waals surface area contributed by atoms with E-state index in [0.717, 1.165) is 72.1 Å². The number of pyridine rings is 1. The lowest BCUT2D eigenvalue weighted by Crippen LogP contribution is -2.46. The second-order valence-electron chi connectivity index (χ2n) is 10.2. The molecule has 0 radical (unpaired) electrons. The molecule has 0 bridgehead atoms. The molecule has 3 aromatic rings. The summed E-state index contributed by atoms with van der Waals surface area (Å²) < 4.78 is 16.7. The minimum Gasteiger partial charge on any atom is -0.384 e. The number of thioether (sulfide) groups is 1. The molecule has 2 saturated heterocycles. The van der Waals surface area contributed by atoms with Gasteiger partial charge in [-0.2, -0.15) is 11.8 Å². The number of rotatable bonds is 8. The topological polar surface area (TPSA) is 31.4 Å². The van der Waals surface area contributed by atoms with Crippen molar-refractivity contribution in [1.82, 2.24) is 14.8 Å². The molecule has 2 aliphatic rings. The van der Waals surface area contributed by atoms with E-state index in [1.54, 1.807) is 17.4 Å². The van der Waals surface area contributed by atoms with Gasteiger partial charge in [0.1, 0.15) is 5.82 Å². The Kier molecular flexibility index (Phi) is 7.97. The highest BCUT2D eigenvalue weighted by Crippen LogP contribution is 2.36. The van der Waals surface area contributed by atoms with Gasteiger partial charge in [-0.3, -0.25) is 4.90 Å². The van der Waals surface area contributed by atoms with Crippen LogP contribution in [-0.2, 0) is 5.54 Å². The molecule has 2 fully saturated rings. The molecule has 2 aliphatic heterocycles. The van der Waals surface area contributed by atoms with Crippen LogP contribution < -0.4 is 5.32 Å². The zero-order chi connectivity index (χ0) is 24.3. The highest BCUT2D eigenvalue weighted by molar-refractivity contribution is 7.99. The number of benzene rings is 1.